The van der Waals surface area contributed by atoms with Crippen LogP contribution in [0.4, 0.5) is 10.1 Å². The molecule has 33 heavy (non-hydrogen) atoms. The highest BCUT2D eigenvalue weighted by Gasteiger charge is 2.38. The number of nitrogens with zero attached hydrogens (tertiary/aromatic N) is 2. The SMILES string of the molecule is O=C1/C(=N\O)c2c(-c3cc4ccccc4o3)cccc2N1Cc1cc(F)cc2c1OCOC2. The van der Waals surface area contributed by atoms with Gasteiger partial charge in [0, 0.05) is 27.6 Å². The normalized spacial score (nSPS) is 16.2. The maximum Gasteiger partial charge on any atom is 0.281 e. The highest BCUT2D eigenvalue weighted by Crippen LogP contribution is 2.41. The third kappa shape index (κ3) is 3.07. The van der Waals surface area contributed by atoms with E-state index in [1.807, 2.05) is 36.4 Å². The van der Waals surface area contributed by atoms with Crippen LogP contribution in [0.2, 0.25) is 0 Å². The van der Waals surface area contributed by atoms with E-state index in [-0.39, 0.29) is 25.7 Å². The summed E-state index contributed by atoms with van der Waals surface area (Å²) in [5, 5.41) is 13.9. The van der Waals surface area contributed by atoms with Crippen molar-refractivity contribution in [1.29, 1.82) is 0 Å². The summed E-state index contributed by atoms with van der Waals surface area (Å²) in [5.74, 6) is 0.102. The molecule has 0 spiro atoms. The van der Waals surface area contributed by atoms with E-state index in [1.165, 1.54) is 17.0 Å². The number of hydrogen-bond acceptors (Lipinski definition) is 6. The molecule has 1 N–H and O–H groups in total. The van der Waals surface area contributed by atoms with Gasteiger partial charge in [0.15, 0.2) is 12.5 Å². The number of oxime groups is 1. The summed E-state index contributed by atoms with van der Waals surface area (Å²) in [6.45, 7) is 0.314. The summed E-state index contributed by atoms with van der Waals surface area (Å²) in [4.78, 5) is 14.7. The van der Waals surface area contributed by atoms with Gasteiger partial charge in [-0.2, -0.15) is 0 Å². The van der Waals surface area contributed by atoms with Gasteiger partial charge in [-0.05, 0) is 30.3 Å². The molecule has 1 amide bonds. The minimum atomic E-state index is -0.499. The molecule has 0 bridgehead atoms. The number of anilines is 1. The molecule has 0 aliphatic carbocycles. The van der Waals surface area contributed by atoms with Crippen LogP contribution in [0.25, 0.3) is 22.3 Å². The van der Waals surface area contributed by atoms with Crippen molar-refractivity contribution in [3.05, 3.63) is 83.2 Å². The molecule has 3 heterocycles. The van der Waals surface area contributed by atoms with Crippen LogP contribution in [0, 0.1) is 5.82 Å². The molecule has 2 aliphatic rings. The standard InChI is InChI=1S/C25H17FN2O5/c26-17-8-15(24-16(9-17)12-31-13-32-24)11-28-19-6-3-5-18(22(19)23(27-30)25(28)29)21-10-14-4-1-2-7-20(14)33-21/h1-10,30H,11-13H2/b27-23-. The molecule has 0 atom stereocenters. The number of hydrogen-bond donors (Lipinski definition) is 1. The summed E-state index contributed by atoms with van der Waals surface area (Å²) >= 11 is 0. The lowest BCUT2D eigenvalue weighted by molar-refractivity contribution is -0.112. The smallest absolute Gasteiger partial charge is 0.281 e. The van der Waals surface area contributed by atoms with E-state index in [0.29, 0.717) is 45.0 Å². The Balaban J connectivity index is 1.47. The van der Waals surface area contributed by atoms with Gasteiger partial charge in [0.25, 0.3) is 5.91 Å². The van der Waals surface area contributed by atoms with Crippen molar-refractivity contribution >= 4 is 28.3 Å². The molecule has 1 aromatic heterocycles. The predicted molar refractivity (Wildman–Crippen MR) is 118 cm³/mol. The van der Waals surface area contributed by atoms with Crippen molar-refractivity contribution in [2.45, 2.75) is 13.2 Å². The minimum Gasteiger partial charge on any atom is -0.467 e. The van der Waals surface area contributed by atoms with Crippen LogP contribution < -0.4 is 9.64 Å². The first-order valence-electron chi connectivity index (χ1n) is 10.3. The summed E-state index contributed by atoms with van der Waals surface area (Å²) in [5.41, 5.74) is 3.30. The number of halogens is 1. The van der Waals surface area contributed by atoms with E-state index in [0.717, 1.165) is 5.39 Å². The minimum absolute atomic E-state index is 0.0362. The van der Waals surface area contributed by atoms with Gasteiger partial charge in [0.1, 0.15) is 22.9 Å². The quantitative estimate of drug-likeness (QED) is 0.361. The number of rotatable bonds is 3. The Morgan fingerprint density at radius 3 is 2.82 bits per heavy atom. The first-order chi connectivity index (χ1) is 16.1. The van der Waals surface area contributed by atoms with Crippen molar-refractivity contribution in [3.63, 3.8) is 0 Å². The molecular formula is C25H17FN2O5. The zero-order valence-corrected chi connectivity index (χ0v) is 17.2. The highest BCUT2D eigenvalue weighted by atomic mass is 19.1. The molecule has 6 rings (SSSR count). The van der Waals surface area contributed by atoms with Gasteiger partial charge < -0.3 is 24.0 Å². The molecule has 8 heteroatoms. The monoisotopic (exact) mass is 444 g/mol. The first kappa shape index (κ1) is 19.5. The van der Waals surface area contributed by atoms with E-state index in [1.54, 1.807) is 12.1 Å². The van der Waals surface area contributed by atoms with Gasteiger partial charge in [0.2, 0.25) is 0 Å². The van der Waals surface area contributed by atoms with Gasteiger partial charge in [-0.15, -0.1) is 0 Å². The Labute approximate surface area is 187 Å². The van der Waals surface area contributed by atoms with Crippen molar-refractivity contribution in [2.75, 3.05) is 11.7 Å². The lowest BCUT2D eigenvalue weighted by atomic mass is 10.0. The van der Waals surface area contributed by atoms with Gasteiger partial charge in [0.05, 0.1) is 18.8 Å². The fourth-order valence-electron chi connectivity index (χ4n) is 4.47. The van der Waals surface area contributed by atoms with Crippen LogP contribution in [0.5, 0.6) is 5.75 Å². The molecule has 0 radical (unpaired) electrons. The molecule has 3 aromatic carbocycles. The fraction of sp³-hybridized carbons (Fsp3) is 0.120. The van der Waals surface area contributed by atoms with Gasteiger partial charge >= 0.3 is 0 Å². The lowest BCUT2D eigenvalue weighted by Crippen LogP contribution is -2.30. The number of benzene rings is 3. The van der Waals surface area contributed by atoms with E-state index < -0.39 is 11.7 Å². The average molecular weight is 444 g/mol. The molecule has 164 valence electrons. The van der Waals surface area contributed by atoms with Gasteiger partial charge in [-0.3, -0.25) is 4.79 Å². The number of furan rings is 1. The Bertz CT molecular complexity index is 1430. The lowest BCUT2D eigenvalue weighted by Gasteiger charge is -2.24. The second kappa shape index (κ2) is 7.46. The molecule has 4 aromatic rings. The number of carbonyl (C=O) groups is 1. The molecule has 0 unspecified atom stereocenters. The highest BCUT2D eigenvalue weighted by molar-refractivity contribution is 6.55. The zero-order chi connectivity index (χ0) is 22.5. The second-order valence-corrected chi connectivity index (χ2v) is 7.85. The third-order valence-corrected chi connectivity index (χ3v) is 5.89. The fourth-order valence-corrected chi connectivity index (χ4v) is 4.47. The van der Waals surface area contributed by atoms with Crippen molar-refractivity contribution in [1.82, 2.24) is 0 Å². The Morgan fingerprint density at radius 2 is 1.97 bits per heavy atom. The Kier molecular flexibility index (Phi) is 4.41. The molecule has 2 aliphatic heterocycles. The maximum atomic E-state index is 14.3. The maximum absolute atomic E-state index is 14.3. The van der Waals surface area contributed by atoms with E-state index in [4.69, 9.17) is 13.9 Å². The van der Waals surface area contributed by atoms with Gasteiger partial charge in [-0.1, -0.05) is 35.5 Å². The number of carbonyl (C=O) groups excluding carboxylic acids is 1. The van der Waals surface area contributed by atoms with Crippen LogP contribution in [-0.2, 0) is 22.7 Å². The molecule has 0 saturated heterocycles. The first-order valence-corrected chi connectivity index (χ1v) is 10.3. The van der Waals surface area contributed by atoms with E-state index >= 15 is 0 Å². The molecule has 7 nitrogen and oxygen atoms in total. The summed E-state index contributed by atoms with van der Waals surface area (Å²) in [7, 11) is 0. The van der Waals surface area contributed by atoms with E-state index in [9.17, 15) is 14.4 Å². The van der Waals surface area contributed by atoms with Gasteiger partial charge in [-0.25, -0.2) is 4.39 Å². The number of para-hydroxylation sites is 1. The summed E-state index contributed by atoms with van der Waals surface area (Å²) < 4.78 is 31.1. The zero-order valence-electron chi connectivity index (χ0n) is 17.2. The topological polar surface area (TPSA) is 84.5 Å². The van der Waals surface area contributed by atoms with Crippen LogP contribution in [0.15, 0.2) is 70.2 Å². The average Bonchev–Trinajstić information content (AvgIpc) is 3.38. The summed E-state index contributed by atoms with van der Waals surface area (Å²) in [6, 6.07) is 17.5. The number of ether oxygens (including phenoxy) is 2. The Morgan fingerprint density at radius 1 is 1.09 bits per heavy atom. The number of amides is 1. The Hall–Kier alpha value is -4.17. The largest absolute Gasteiger partial charge is 0.467 e. The van der Waals surface area contributed by atoms with Crippen LogP contribution >= 0.6 is 0 Å². The molecular weight excluding hydrogens is 427 g/mol. The molecule has 0 saturated carbocycles. The van der Waals surface area contributed by atoms with Crippen LogP contribution in [0.1, 0.15) is 16.7 Å². The van der Waals surface area contributed by atoms with E-state index in [2.05, 4.69) is 5.16 Å². The van der Waals surface area contributed by atoms with Crippen LogP contribution in [-0.4, -0.2) is 23.6 Å². The van der Waals surface area contributed by atoms with Crippen LogP contribution in [0.3, 0.4) is 0 Å². The third-order valence-electron chi connectivity index (χ3n) is 5.89. The second-order valence-electron chi connectivity index (χ2n) is 7.85. The van der Waals surface area contributed by atoms with Crippen molar-refractivity contribution in [3.8, 4) is 17.1 Å². The van der Waals surface area contributed by atoms with Crippen molar-refractivity contribution in [2.24, 2.45) is 5.16 Å². The predicted octanol–water partition coefficient (Wildman–Crippen LogP) is 4.83. The van der Waals surface area contributed by atoms with Crippen molar-refractivity contribution < 1.29 is 28.3 Å². The number of fused-ring (bicyclic) bond motifs is 3. The molecule has 0 fully saturated rings. The summed E-state index contributed by atoms with van der Waals surface area (Å²) in [6.07, 6.45) is 0.